The molecule has 3 N–H and O–H groups in total. The maximum atomic E-state index is 11.9. The molecule has 2 rings (SSSR count). The number of nitrogens with two attached hydrogens (primary N) is 1. The molecule has 0 aliphatic carbocycles. The van der Waals surface area contributed by atoms with Crippen molar-refractivity contribution in [2.45, 2.75) is 18.9 Å². The molecule has 18 heavy (non-hydrogen) atoms. The van der Waals surface area contributed by atoms with Gasteiger partial charge in [-0.3, -0.25) is 4.79 Å². The van der Waals surface area contributed by atoms with Crippen molar-refractivity contribution in [3.05, 3.63) is 35.9 Å². The van der Waals surface area contributed by atoms with Gasteiger partial charge in [0.15, 0.2) is 0 Å². The van der Waals surface area contributed by atoms with E-state index in [0.29, 0.717) is 6.54 Å². The first-order chi connectivity index (χ1) is 8.77. The lowest BCUT2D eigenvalue weighted by atomic mass is 10.1. The van der Waals surface area contributed by atoms with Gasteiger partial charge in [-0.25, -0.2) is 0 Å². The lowest BCUT2D eigenvalue weighted by Gasteiger charge is -2.16. The Bertz CT molecular complexity index is 374. The maximum absolute atomic E-state index is 11.9. The monoisotopic (exact) mass is 247 g/mol. The van der Waals surface area contributed by atoms with Gasteiger partial charge in [0.25, 0.3) is 0 Å². The van der Waals surface area contributed by atoms with Gasteiger partial charge in [-0.15, -0.1) is 0 Å². The average molecular weight is 247 g/mol. The third-order valence-electron chi connectivity index (χ3n) is 3.37. The van der Waals surface area contributed by atoms with Crippen LogP contribution in [0.1, 0.15) is 24.4 Å². The van der Waals surface area contributed by atoms with Crippen molar-refractivity contribution in [3.63, 3.8) is 0 Å². The molecule has 4 heteroatoms. The second kappa shape index (κ2) is 6.52. The van der Waals surface area contributed by atoms with Crippen LogP contribution < -0.4 is 11.1 Å². The Hall–Kier alpha value is -1.39. The topological polar surface area (TPSA) is 58.4 Å². The zero-order chi connectivity index (χ0) is 12.8. The predicted octanol–water partition coefficient (Wildman–Crippen LogP) is 0.898. The molecule has 1 atom stereocenters. The molecule has 0 unspecified atom stereocenters. The van der Waals surface area contributed by atoms with E-state index in [1.807, 2.05) is 30.3 Å². The summed E-state index contributed by atoms with van der Waals surface area (Å²) >= 11 is 0. The smallest absolute Gasteiger partial charge is 0.241 e. The van der Waals surface area contributed by atoms with Crippen LogP contribution in [-0.2, 0) is 4.79 Å². The van der Waals surface area contributed by atoms with Gasteiger partial charge < -0.3 is 16.0 Å². The number of nitrogens with one attached hydrogen (secondary N) is 1. The van der Waals surface area contributed by atoms with Crippen molar-refractivity contribution in [2.75, 3.05) is 26.2 Å². The van der Waals surface area contributed by atoms with E-state index < -0.39 is 6.04 Å². The van der Waals surface area contributed by atoms with E-state index in [1.165, 1.54) is 12.8 Å². The second-order valence-corrected chi connectivity index (χ2v) is 4.73. The van der Waals surface area contributed by atoms with E-state index in [2.05, 4.69) is 10.2 Å². The summed E-state index contributed by atoms with van der Waals surface area (Å²) < 4.78 is 0. The first kappa shape index (κ1) is 13.1. The third-order valence-corrected chi connectivity index (χ3v) is 3.37. The Morgan fingerprint density at radius 3 is 2.61 bits per heavy atom. The Labute approximate surface area is 108 Å². The molecule has 1 aromatic carbocycles. The fourth-order valence-electron chi connectivity index (χ4n) is 2.27. The van der Waals surface area contributed by atoms with E-state index in [0.717, 1.165) is 25.2 Å². The highest BCUT2D eigenvalue weighted by Crippen LogP contribution is 2.09. The summed E-state index contributed by atoms with van der Waals surface area (Å²) in [7, 11) is 0. The highest BCUT2D eigenvalue weighted by atomic mass is 16.2. The van der Waals surface area contributed by atoms with E-state index in [9.17, 15) is 4.79 Å². The average Bonchev–Trinajstić information content (AvgIpc) is 2.92. The van der Waals surface area contributed by atoms with E-state index in [4.69, 9.17) is 5.73 Å². The van der Waals surface area contributed by atoms with Crippen LogP contribution in [0.5, 0.6) is 0 Å². The number of nitrogens with zero attached hydrogens (tertiary/aromatic N) is 1. The number of amides is 1. The van der Waals surface area contributed by atoms with Crippen LogP contribution in [0.25, 0.3) is 0 Å². The first-order valence-electron chi connectivity index (χ1n) is 6.58. The largest absolute Gasteiger partial charge is 0.353 e. The van der Waals surface area contributed by atoms with Crippen LogP contribution in [0.15, 0.2) is 30.3 Å². The summed E-state index contributed by atoms with van der Waals surface area (Å²) in [6.07, 6.45) is 2.55. The van der Waals surface area contributed by atoms with Crippen LogP contribution in [-0.4, -0.2) is 37.0 Å². The van der Waals surface area contributed by atoms with Gasteiger partial charge in [-0.1, -0.05) is 30.3 Å². The normalized spacial score (nSPS) is 17.6. The second-order valence-electron chi connectivity index (χ2n) is 4.73. The maximum Gasteiger partial charge on any atom is 0.241 e. The quantitative estimate of drug-likeness (QED) is 0.812. The van der Waals surface area contributed by atoms with Crippen molar-refractivity contribution in [1.82, 2.24) is 10.2 Å². The van der Waals surface area contributed by atoms with E-state index in [1.54, 1.807) is 0 Å². The summed E-state index contributed by atoms with van der Waals surface area (Å²) in [6, 6.07) is 8.90. The Kier molecular flexibility index (Phi) is 4.73. The molecule has 1 fully saturated rings. The lowest BCUT2D eigenvalue weighted by Crippen LogP contribution is -2.38. The number of rotatable bonds is 5. The minimum atomic E-state index is -0.565. The molecule has 1 aromatic rings. The standard InChI is InChI=1S/C14H21N3O/c15-13(12-6-2-1-3-7-12)14(18)16-8-11-17-9-4-5-10-17/h1-3,6-7,13H,4-5,8-11,15H2,(H,16,18)/t13-/m1/s1. The SMILES string of the molecule is N[C@@H](C(=O)NCCN1CCCC1)c1ccccc1. The Morgan fingerprint density at radius 2 is 1.94 bits per heavy atom. The van der Waals surface area contributed by atoms with Gasteiger partial charge in [-0.05, 0) is 31.5 Å². The van der Waals surface area contributed by atoms with E-state index in [-0.39, 0.29) is 5.91 Å². The molecule has 0 saturated carbocycles. The highest BCUT2D eigenvalue weighted by Gasteiger charge is 2.16. The molecule has 4 nitrogen and oxygen atoms in total. The Balaban J connectivity index is 1.74. The highest BCUT2D eigenvalue weighted by molar-refractivity contribution is 5.82. The lowest BCUT2D eigenvalue weighted by molar-refractivity contribution is -0.122. The van der Waals surface area contributed by atoms with Crippen molar-refractivity contribution >= 4 is 5.91 Å². The summed E-state index contributed by atoms with van der Waals surface area (Å²) in [5.74, 6) is -0.0969. The molecule has 0 bridgehead atoms. The van der Waals surface area contributed by atoms with Gasteiger partial charge >= 0.3 is 0 Å². The molecule has 1 amide bonds. The predicted molar refractivity (Wildman–Crippen MR) is 72.1 cm³/mol. The number of likely N-dealkylation sites (tertiary alicyclic amines) is 1. The zero-order valence-electron chi connectivity index (χ0n) is 10.6. The van der Waals surface area contributed by atoms with Crippen LogP contribution in [0.4, 0.5) is 0 Å². The summed E-state index contributed by atoms with van der Waals surface area (Å²) in [4.78, 5) is 14.2. The molecule has 1 heterocycles. The molecule has 0 aromatic heterocycles. The van der Waals surface area contributed by atoms with Crippen molar-refractivity contribution in [2.24, 2.45) is 5.73 Å². The van der Waals surface area contributed by atoms with Crippen molar-refractivity contribution in [1.29, 1.82) is 0 Å². The number of hydrogen-bond donors (Lipinski definition) is 2. The fourth-order valence-corrected chi connectivity index (χ4v) is 2.27. The number of benzene rings is 1. The van der Waals surface area contributed by atoms with Gasteiger partial charge in [0.2, 0.25) is 5.91 Å². The molecule has 98 valence electrons. The zero-order valence-corrected chi connectivity index (χ0v) is 10.6. The van der Waals surface area contributed by atoms with Crippen LogP contribution >= 0.6 is 0 Å². The van der Waals surface area contributed by atoms with Crippen LogP contribution in [0.3, 0.4) is 0 Å². The van der Waals surface area contributed by atoms with Gasteiger partial charge in [0.05, 0.1) is 0 Å². The molecule has 1 saturated heterocycles. The van der Waals surface area contributed by atoms with Gasteiger partial charge in [0.1, 0.15) is 6.04 Å². The summed E-state index contributed by atoms with van der Waals surface area (Å²) in [6.45, 7) is 3.91. The number of hydrogen-bond acceptors (Lipinski definition) is 3. The molecule has 1 aliphatic rings. The minimum absolute atomic E-state index is 0.0969. The van der Waals surface area contributed by atoms with Gasteiger partial charge in [-0.2, -0.15) is 0 Å². The van der Waals surface area contributed by atoms with E-state index >= 15 is 0 Å². The molecular formula is C14H21N3O. The number of carbonyl (C=O) groups is 1. The molecule has 1 aliphatic heterocycles. The summed E-state index contributed by atoms with van der Waals surface area (Å²) in [5.41, 5.74) is 6.76. The number of carbonyl (C=O) groups excluding carboxylic acids is 1. The first-order valence-corrected chi connectivity index (χ1v) is 6.58. The van der Waals surface area contributed by atoms with Crippen molar-refractivity contribution in [3.8, 4) is 0 Å². The van der Waals surface area contributed by atoms with Crippen molar-refractivity contribution < 1.29 is 4.79 Å². The Morgan fingerprint density at radius 1 is 1.28 bits per heavy atom. The van der Waals surface area contributed by atoms with Gasteiger partial charge in [0, 0.05) is 13.1 Å². The minimum Gasteiger partial charge on any atom is -0.353 e. The summed E-state index contributed by atoms with van der Waals surface area (Å²) in [5, 5.41) is 2.90. The molecule has 0 radical (unpaired) electrons. The van der Waals surface area contributed by atoms with Crippen LogP contribution in [0.2, 0.25) is 0 Å². The third kappa shape index (κ3) is 3.55. The molecule has 0 spiro atoms. The molecular weight excluding hydrogens is 226 g/mol. The fraction of sp³-hybridized carbons (Fsp3) is 0.500. The van der Waals surface area contributed by atoms with Crippen LogP contribution in [0, 0.1) is 0 Å².